The van der Waals surface area contributed by atoms with Crippen LogP contribution in [0.5, 0.6) is 0 Å². The average molecular weight is 253 g/mol. The topological polar surface area (TPSA) is 37.0 Å². The SMILES string of the molecule is CCC1(CNCc2ncc(C)s2)CCNCC1. The molecule has 1 aromatic rings. The molecule has 2 N–H and O–H groups in total. The van der Waals surface area contributed by atoms with Crippen molar-refractivity contribution in [2.24, 2.45) is 5.41 Å². The number of aryl methyl sites for hydroxylation is 1. The Morgan fingerprint density at radius 1 is 1.47 bits per heavy atom. The number of aromatic nitrogens is 1. The summed E-state index contributed by atoms with van der Waals surface area (Å²) in [6.45, 7) is 8.83. The van der Waals surface area contributed by atoms with Crippen LogP contribution >= 0.6 is 11.3 Å². The summed E-state index contributed by atoms with van der Waals surface area (Å²) in [5.41, 5.74) is 0.511. The second kappa shape index (κ2) is 5.94. The van der Waals surface area contributed by atoms with E-state index in [0.29, 0.717) is 5.41 Å². The van der Waals surface area contributed by atoms with Crippen LogP contribution in [0, 0.1) is 12.3 Å². The first-order chi connectivity index (χ1) is 8.24. The van der Waals surface area contributed by atoms with Gasteiger partial charge < -0.3 is 10.6 Å². The van der Waals surface area contributed by atoms with Crippen LogP contribution in [0.1, 0.15) is 36.1 Å². The Kier molecular flexibility index (Phi) is 4.54. The second-order valence-corrected chi connectivity index (χ2v) is 6.39. The van der Waals surface area contributed by atoms with Crippen LogP contribution in [-0.2, 0) is 6.54 Å². The van der Waals surface area contributed by atoms with Gasteiger partial charge in [-0.15, -0.1) is 11.3 Å². The van der Waals surface area contributed by atoms with Crippen molar-refractivity contribution in [1.29, 1.82) is 0 Å². The lowest BCUT2D eigenvalue weighted by Crippen LogP contribution is -2.42. The van der Waals surface area contributed by atoms with Crippen molar-refractivity contribution in [1.82, 2.24) is 15.6 Å². The fourth-order valence-electron chi connectivity index (χ4n) is 2.53. The molecule has 96 valence electrons. The van der Waals surface area contributed by atoms with Crippen molar-refractivity contribution in [3.8, 4) is 0 Å². The molecular formula is C13H23N3S. The van der Waals surface area contributed by atoms with E-state index >= 15 is 0 Å². The Morgan fingerprint density at radius 3 is 2.82 bits per heavy atom. The minimum absolute atomic E-state index is 0.511. The predicted octanol–water partition coefficient (Wildman–Crippen LogP) is 2.32. The Bertz CT molecular complexity index is 342. The Balaban J connectivity index is 1.79. The lowest BCUT2D eigenvalue weighted by Gasteiger charge is -2.37. The average Bonchev–Trinajstić information content (AvgIpc) is 2.76. The Labute approximate surface area is 108 Å². The molecule has 4 heteroatoms. The van der Waals surface area contributed by atoms with E-state index in [1.807, 2.05) is 6.20 Å². The quantitative estimate of drug-likeness (QED) is 0.845. The summed E-state index contributed by atoms with van der Waals surface area (Å²) in [6.07, 6.45) is 5.83. The van der Waals surface area contributed by atoms with E-state index in [1.54, 1.807) is 11.3 Å². The van der Waals surface area contributed by atoms with Crippen LogP contribution in [0.25, 0.3) is 0 Å². The van der Waals surface area contributed by atoms with Gasteiger partial charge in [-0.1, -0.05) is 6.92 Å². The van der Waals surface area contributed by atoms with Crippen LogP contribution < -0.4 is 10.6 Å². The molecule has 0 aromatic carbocycles. The van der Waals surface area contributed by atoms with Crippen molar-refractivity contribution < 1.29 is 0 Å². The van der Waals surface area contributed by atoms with Gasteiger partial charge in [0.2, 0.25) is 0 Å². The minimum Gasteiger partial charge on any atom is -0.317 e. The summed E-state index contributed by atoms with van der Waals surface area (Å²) in [4.78, 5) is 5.69. The normalized spacial score (nSPS) is 19.4. The van der Waals surface area contributed by atoms with Crippen LogP contribution in [0.4, 0.5) is 0 Å². The highest BCUT2D eigenvalue weighted by molar-refractivity contribution is 7.11. The fourth-order valence-corrected chi connectivity index (χ4v) is 3.29. The molecule has 0 atom stereocenters. The van der Waals surface area contributed by atoms with Crippen LogP contribution in [0.2, 0.25) is 0 Å². The van der Waals surface area contributed by atoms with Crippen molar-refractivity contribution >= 4 is 11.3 Å². The Hall–Kier alpha value is -0.450. The standard InChI is InChI=1S/C13H23N3S/c1-3-13(4-6-14-7-5-13)10-15-9-12-16-8-11(2)17-12/h8,14-15H,3-7,9-10H2,1-2H3. The molecule has 2 heterocycles. The van der Waals surface area contributed by atoms with Gasteiger partial charge in [-0.25, -0.2) is 4.98 Å². The molecule has 1 aliphatic heterocycles. The summed E-state index contributed by atoms with van der Waals surface area (Å²) in [6, 6.07) is 0. The van der Waals surface area contributed by atoms with Crippen molar-refractivity contribution in [3.63, 3.8) is 0 Å². The van der Waals surface area contributed by atoms with Crippen LogP contribution in [-0.4, -0.2) is 24.6 Å². The van der Waals surface area contributed by atoms with Gasteiger partial charge in [-0.2, -0.15) is 0 Å². The van der Waals surface area contributed by atoms with E-state index in [0.717, 1.165) is 13.1 Å². The maximum atomic E-state index is 4.39. The number of piperidine rings is 1. The molecule has 1 fully saturated rings. The summed E-state index contributed by atoms with van der Waals surface area (Å²) in [5, 5.41) is 8.25. The molecule has 0 amide bonds. The summed E-state index contributed by atoms with van der Waals surface area (Å²) in [7, 11) is 0. The predicted molar refractivity (Wildman–Crippen MR) is 73.4 cm³/mol. The number of nitrogens with one attached hydrogen (secondary N) is 2. The molecule has 3 nitrogen and oxygen atoms in total. The number of nitrogens with zero attached hydrogens (tertiary/aromatic N) is 1. The molecule has 0 bridgehead atoms. The molecule has 2 rings (SSSR count). The molecule has 1 saturated heterocycles. The molecule has 0 spiro atoms. The van der Waals surface area contributed by atoms with E-state index < -0.39 is 0 Å². The first-order valence-corrected chi connectivity index (χ1v) is 7.38. The van der Waals surface area contributed by atoms with Gasteiger partial charge in [0, 0.05) is 24.2 Å². The second-order valence-electron chi connectivity index (χ2n) is 5.07. The third kappa shape index (κ3) is 3.50. The van der Waals surface area contributed by atoms with Gasteiger partial charge in [0.05, 0.1) is 0 Å². The van der Waals surface area contributed by atoms with Gasteiger partial charge in [-0.05, 0) is 44.7 Å². The zero-order chi connectivity index (χ0) is 12.1. The first-order valence-electron chi connectivity index (χ1n) is 6.57. The Morgan fingerprint density at radius 2 is 2.24 bits per heavy atom. The summed E-state index contributed by atoms with van der Waals surface area (Å²) < 4.78 is 0. The van der Waals surface area contributed by atoms with Gasteiger partial charge in [0.1, 0.15) is 5.01 Å². The van der Waals surface area contributed by atoms with Gasteiger partial charge in [0.25, 0.3) is 0 Å². The zero-order valence-electron chi connectivity index (χ0n) is 10.9. The summed E-state index contributed by atoms with van der Waals surface area (Å²) in [5.74, 6) is 0. The molecule has 0 saturated carbocycles. The van der Waals surface area contributed by atoms with E-state index in [-0.39, 0.29) is 0 Å². The highest BCUT2D eigenvalue weighted by Gasteiger charge is 2.29. The molecular weight excluding hydrogens is 230 g/mol. The minimum atomic E-state index is 0.511. The molecule has 0 radical (unpaired) electrons. The molecule has 0 aliphatic carbocycles. The van der Waals surface area contributed by atoms with E-state index in [2.05, 4.69) is 29.5 Å². The van der Waals surface area contributed by atoms with Crippen molar-refractivity contribution in [3.05, 3.63) is 16.1 Å². The van der Waals surface area contributed by atoms with Crippen LogP contribution in [0.3, 0.4) is 0 Å². The number of rotatable bonds is 5. The third-order valence-electron chi connectivity index (χ3n) is 3.86. The maximum Gasteiger partial charge on any atom is 0.107 e. The lowest BCUT2D eigenvalue weighted by molar-refractivity contribution is 0.185. The molecule has 0 unspecified atom stereocenters. The van der Waals surface area contributed by atoms with Gasteiger partial charge in [-0.3, -0.25) is 0 Å². The number of thiazole rings is 1. The monoisotopic (exact) mass is 253 g/mol. The largest absolute Gasteiger partial charge is 0.317 e. The summed E-state index contributed by atoms with van der Waals surface area (Å²) >= 11 is 1.79. The number of hydrogen-bond acceptors (Lipinski definition) is 4. The highest BCUT2D eigenvalue weighted by Crippen LogP contribution is 2.31. The lowest BCUT2D eigenvalue weighted by atomic mass is 9.76. The van der Waals surface area contributed by atoms with E-state index in [4.69, 9.17) is 0 Å². The van der Waals surface area contributed by atoms with Crippen molar-refractivity contribution in [2.75, 3.05) is 19.6 Å². The molecule has 17 heavy (non-hydrogen) atoms. The maximum absolute atomic E-state index is 4.39. The third-order valence-corrected chi connectivity index (χ3v) is 4.77. The smallest absolute Gasteiger partial charge is 0.107 e. The van der Waals surface area contributed by atoms with Gasteiger partial charge >= 0.3 is 0 Å². The first kappa shape index (κ1) is 13.0. The van der Waals surface area contributed by atoms with E-state index in [9.17, 15) is 0 Å². The van der Waals surface area contributed by atoms with E-state index in [1.165, 1.54) is 42.2 Å². The zero-order valence-corrected chi connectivity index (χ0v) is 11.7. The fraction of sp³-hybridized carbons (Fsp3) is 0.769. The van der Waals surface area contributed by atoms with Crippen LogP contribution in [0.15, 0.2) is 6.20 Å². The highest BCUT2D eigenvalue weighted by atomic mass is 32.1. The number of hydrogen-bond donors (Lipinski definition) is 2. The van der Waals surface area contributed by atoms with Crippen molar-refractivity contribution in [2.45, 2.75) is 39.7 Å². The molecule has 1 aromatic heterocycles. The van der Waals surface area contributed by atoms with Gasteiger partial charge in [0.15, 0.2) is 0 Å². The molecule has 1 aliphatic rings.